The SMILES string of the molecule is O=C(O)C1=CC=CN(c2ccccc2O)C1. The van der Waals surface area contributed by atoms with Crippen LogP contribution in [0.15, 0.2) is 48.2 Å². The molecule has 1 aliphatic rings. The maximum absolute atomic E-state index is 10.8. The number of hydrogen-bond acceptors (Lipinski definition) is 3. The normalized spacial score (nSPS) is 14.8. The lowest BCUT2D eigenvalue weighted by Gasteiger charge is -2.23. The Hall–Kier alpha value is -2.23. The van der Waals surface area contributed by atoms with Crippen LogP contribution in [-0.2, 0) is 4.79 Å². The molecule has 0 unspecified atom stereocenters. The molecule has 4 heteroatoms. The predicted octanol–water partition coefficient (Wildman–Crippen LogP) is 1.74. The van der Waals surface area contributed by atoms with Crippen LogP contribution in [0.5, 0.6) is 5.75 Å². The van der Waals surface area contributed by atoms with Crippen LogP contribution in [0.1, 0.15) is 0 Å². The average molecular weight is 217 g/mol. The fraction of sp³-hybridized carbons (Fsp3) is 0.0833. The summed E-state index contributed by atoms with van der Waals surface area (Å²) in [6, 6.07) is 6.83. The Balaban J connectivity index is 2.27. The highest BCUT2D eigenvalue weighted by molar-refractivity contribution is 5.89. The largest absolute Gasteiger partial charge is 0.506 e. The van der Waals surface area contributed by atoms with E-state index in [0.29, 0.717) is 11.3 Å². The first-order chi connectivity index (χ1) is 7.68. The highest BCUT2D eigenvalue weighted by Gasteiger charge is 2.16. The number of carboxylic acid groups (broad SMARTS) is 1. The summed E-state index contributed by atoms with van der Waals surface area (Å²) in [5.74, 6) is -0.802. The van der Waals surface area contributed by atoms with Gasteiger partial charge in [0, 0.05) is 6.20 Å². The van der Waals surface area contributed by atoms with Gasteiger partial charge in [0.05, 0.1) is 17.8 Å². The number of carboxylic acids is 1. The Morgan fingerprint density at radius 1 is 1.31 bits per heavy atom. The molecule has 0 bridgehead atoms. The van der Waals surface area contributed by atoms with Gasteiger partial charge in [-0.3, -0.25) is 0 Å². The van der Waals surface area contributed by atoms with E-state index in [1.165, 1.54) is 0 Å². The van der Waals surface area contributed by atoms with E-state index in [1.54, 1.807) is 47.5 Å². The first kappa shape index (κ1) is 10.3. The van der Waals surface area contributed by atoms with Crippen molar-refractivity contribution in [1.82, 2.24) is 0 Å². The van der Waals surface area contributed by atoms with E-state index in [-0.39, 0.29) is 12.3 Å². The molecule has 0 fully saturated rings. The summed E-state index contributed by atoms with van der Waals surface area (Å²) in [6.45, 7) is 0.253. The zero-order chi connectivity index (χ0) is 11.5. The molecule has 0 aromatic heterocycles. The van der Waals surface area contributed by atoms with Crippen molar-refractivity contribution in [3.63, 3.8) is 0 Å². The van der Waals surface area contributed by atoms with E-state index in [2.05, 4.69) is 0 Å². The van der Waals surface area contributed by atoms with Crippen LogP contribution >= 0.6 is 0 Å². The Labute approximate surface area is 92.7 Å². The minimum Gasteiger partial charge on any atom is -0.506 e. The molecule has 0 atom stereocenters. The van der Waals surface area contributed by atoms with E-state index in [4.69, 9.17) is 5.11 Å². The van der Waals surface area contributed by atoms with Gasteiger partial charge in [0.25, 0.3) is 0 Å². The zero-order valence-corrected chi connectivity index (χ0v) is 8.50. The number of para-hydroxylation sites is 2. The van der Waals surface area contributed by atoms with Crippen molar-refractivity contribution in [3.8, 4) is 5.75 Å². The summed E-state index contributed by atoms with van der Waals surface area (Å²) in [5.41, 5.74) is 0.899. The van der Waals surface area contributed by atoms with Crippen molar-refractivity contribution < 1.29 is 15.0 Å². The number of allylic oxidation sites excluding steroid dienone is 2. The third kappa shape index (κ3) is 1.91. The van der Waals surface area contributed by atoms with Gasteiger partial charge in [-0.2, -0.15) is 0 Å². The molecule has 1 aromatic carbocycles. The predicted molar refractivity (Wildman–Crippen MR) is 60.3 cm³/mol. The quantitative estimate of drug-likeness (QED) is 0.792. The van der Waals surface area contributed by atoms with Gasteiger partial charge in [-0.25, -0.2) is 4.79 Å². The van der Waals surface area contributed by atoms with Gasteiger partial charge in [0.2, 0.25) is 0 Å². The summed E-state index contributed by atoms with van der Waals surface area (Å²) >= 11 is 0. The van der Waals surface area contributed by atoms with Crippen molar-refractivity contribution in [1.29, 1.82) is 0 Å². The number of carbonyl (C=O) groups is 1. The molecule has 1 aliphatic heterocycles. The second-order valence-corrected chi connectivity index (χ2v) is 3.46. The lowest BCUT2D eigenvalue weighted by molar-refractivity contribution is -0.132. The highest BCUT2D eigenvalue weighted by Crippen LogP contribution is 2.28. The third-order valence-corrected chi connectivity index (χ3v) is 2.37. The minimum absolute atomic E-state index is 0.138. The number of hydrogen-bond donors (Lipinski definition) is 2. The molecule has 16 heavy (non-hydrogen) atoms. The van der Waals surface area contributed by atoms with E-state index >= 15 is 0 Å². The van der Waals surface area contributed by atoms with Gasteiger partial charge in [-0.15, -0.1) is 0 Å². The van der Waals surface area contributed by atoms with Crippen molar-refractivity contribution >= 4 is 11.7 Å². The Kier molecular flexibility index (Phi) is 2.64. The molecular formula is C12H11NO3. The van der Waals surface area contributed by atoms with E-state index < -0.39 is 5.97 Å². The Bertz CT molecular complexity index is 477. The first-order valence-corrected chi connectivity index (χ1v) is 4.84. The van der Waals surface area contributed by atoms with Gasteiger partial charge in [-0.05, 0) is 24.3 Å². The van der Waals surface area contributed by atoms with Crippen molar-refractivity contribution in [2.75, 3.05) is 11.4 Å². The molecule has 0 aliphatic carbocycles. The second kappa shape index (κ2) is 4.10. The number of phenolic OH excluding ortho intramolecular Hbond substituents is 1. The number of nitrogens with zero attached hydrogens (tertiary/aromatic N) is 1. The maximum atomic E-state index is 10.8. The molecule has 4 nitrogen and oxygen atoms in total. The van der Waals surface area contributed by atoms with E-state index in [0.717, 1.165) is 0 Å². The molecule has 2 N–H and O–H groups in total. The number of rotatable bonds is 2. The van der Waals surface area contributed by atoms with E-state index in [9.17, 15) is 9.90 Å². The molecule has 0 saturated carbocycles. The van der Waals surface area contributed by atoms with Crippen LogP contribution in [0, 0.1) is 0 Å². The zero-order valence-electron chi connectivity index (χ0n) is 8.50. The fourth-order valence-corrected chi connectivity index (χ4v) is 1.56. The van der Waals surface area contributed by atoms with Crippen LogP contribution in [0.25, 0.3) is 0 Å². The molecule has 0 spiro atoms. The maximum Gasteiger partial charge on any atom is 0.333 e. The monoisotopic (exact) mass is 217 g/mol. The topological polar surface area (TPSA) is 60.8 Å². The standard InChI is InChI=1S/C12H11NO3/c14-11-6-2-1-5-10(11)13-7-3-4-9(8-13)12(15)16/h1-7,14H,8H2,(H,15,16). The Morgan fingerprint density at radius 3 is 2.75 bits per heavy atom. The molecule has 2 rings (SSSR count). The molecular weight excluding hydrogens is 206 g/mol. The van der Waals surface area contributed by atoms with Gasteiger partial charge in [0.1, 0.15) is 5.75 Å². The number of phenols is 1. The molecule has 0 radical (unpaired) electrons. The summed E-state index contributed by atoms with van der Waals surface area (Å²) in [5, 5.41) is 18.5. The van der Waals surface area contributed by atoms with Crippen LogP contribution in [-0.4, -0.2) is 22.7 Å². The van der Waals surface area contributed by atoms with E-state index in [1.807, 2.05) is 0 Å². The Morgan fingerprint density at radius 2 is 2.06 bits per heavy atom. The van der Waals surface area contributed by atoms with Crippen molar-refractivity contribution in [3.05, 3.63) is 48.2 Å². The summed E-state index contributed by atoms with van der Waals surface area (Å²) in [4.78, 5) is 12.5. The van der Waals surface area contributed by atoms with Crippen molar-refractivity contribution in [2.45, 2.75) is 0 Å². The second-order valence-electron chi connectivity index (χ2n) is 3.46. The fourth-order valence-electron chi connectivity index (χ4n) is 1.56. The molecule has 1 aromatic rings. The minimum atomic E-state index is -0.940. The average Bonchev–Trinajstić information content (AvgIpc) is 2.30. The number of benzene rings is 1. The van der Waals surface area contributed by atoms with Crippen LogP contribution < -0.4 is 4.90 Å². The number of aliphatic carboxylic acids is 1. The highest BCUT2D eigenvalue weighted by atomic mass is 16.4. The lowest BCUT2D eigenvalue weighted by Crippen LogP contribution is -2.24. The van der Waals surface area contributed by atoms with Gasteiger partial charge >= 0.3 is 5.97 Å². The van der Waals surface area contributed by atoms with Gasteiger partial charge < -0.3 is 15.1 Å². The van der Waals surface area contributed by atoms with Crippen LogP contribution in [0.3, 0.4) is 0 Å². The summed E-state index contributed by atoms with van der Waals surface area (Å²) < 4.78 is 0. The van der Waals surface area contributed by atoms with Gasteiger partial charge in [0.15, 0.2) is 0 Å². The third-order valence-electron chi connectivity index (χ3n) is 2.37. The molecule has 0 amide bonds. The molecule has 82 valence electrons. The van der Waals surface area contributed by atoms with Crippen LogP contribution in [0.4, 0.5) is 5.69 Å². The van der Waals surface area contributed by atoms with Gasteiger partial charge in [-0.1, -0.05) is 12.1 Å². The molecule has 0 saturated heterocycles. The van der Waals surface area contributed by atoms with Crippen LogP contribution in [0.2, 0.25) is 0 Å². The smallest absolute Gasteiger partial charge is 0.333 e. The summed E-state index contributed by atoms with van der Waals surface area (Å²) in [7, 11) is 0. The number of aromatic hydroxyl groups is 1. The lowest BCUT2D eigenvalue weighted by atomic mass is 10.1. The number of anilines is 1. The molecule has 1 heterocycles. The summed E-state index contributed by atoms with van der Waals surface area (Å²) in [6.07, 6.45) is 4.94. The van der Waals surface area contributed by atoms with Crippen molar-refractivity contribution in [2.24, 2.45) is 0 Å². The first-order valence-electron chi connectivity index (χ1n) is 4.84.